The first-order valence-electron chi connectivity index (χ1n) is 13.8. The van der Waals surface area contributed by atoms with Crippen molar-refractivity contribution in [3.8, 4) is 5.75 Å². The number of piperidine rings is 1. The maximum atomic E-state index is 14.4. The molecule has 1 unspecified atom stereocenters. The lowest BCUT2D eigenvalue weighted by Gasteiger charge is -2.39. The van der Waals surface area contributed by atoms with Gasteiger partial charge in [-0.25, -0.2) is 9.37 Å². The summed E-state index contributed by atoms with van der Waals surface area (Å²) in [6, 6.07) is 5.60. The van der Waals surface area contributed by atoms with E-state index in [0.29, 0.717) is 25.3 Å². The number of hydrogen-bond donors (Lipinski definition) is 1. The van der Waals surface area contributed by atoms with E-state index in [1.807, 2.05) is 24.6 Å². The molecule has 2 N–H and O–H groups in total. The molecule has 3 aliphatic heterocycles. The number of fused-ring (bicyclic) bond motifs is 4. The summed E-state index contributed by atoms with van der Waals surface area (Å²) < 4.78 is 22.0. The lowest BCUT2D eigenvalue weighted by molar-refractivity contribution is -0.131. The molecule has 0 radical (unpaired) electrons. The molecule has 3 aromatic rings. The largest absolute Gasteiger partial charge is 0.483 e. The number of carbonyl (C=O) groups is 2. The van der Waals surface area contributed by atoms with Gasteiger partial charge in [0, 0.05) is 64.5 Å². The van der Waals surface area contributed by atoms with Gasteiger partial charge < -0.3 is 30.1 Å². The fourth-order valence-electron chi connectivity index (χ4n) is 5.89. The number of carbonyl (C=O) groups excluding carboxylic acids is 2. The molecule has 2 saturated heterocycles. The van der Waals surface area contributed by atoms with Gasteiger partial charge >= 0.3 is 0 Å². The standard InChI is InChI=1S/C28H35FN8O3/c1-17-26(35-14-19(30)15-35)31-24-13-21-22-6-4-5-9-36(22)28(39)20-12-18(29)7-8-23(20)40-16-25(38)33(2)10-11-34(3)27(17)37(24)32-21/h7-8,12-13,19,22H,4-6,9-11,14-16,30H2,1-3H3. The summed E-state index contributed by atoms with van der Waals surface area (Å²) >= 11 is 0. The van der Waals surface area contributed by atoms with Crippen molar-refractivity contribution < 1.29 is 18.7 Å². The van der Waals surface area contributed by atoms with E-state index in [1.165, 1.54) is 18.2 Å². The number of ether oxygens (including phenoxy) is 1. The minimum Gasteiger partial charge on any atom is -0.483 e. The highest BCUT2D eigenvalue weighted by atomic mass is 19.1. The fourth-order valence-corrected chi connectivity index (χ4v) is 5.89. The van der Waals surface area contributed by atoms with Crippen molar-refractivity contribution in [1.82, 2.24) is 24.4 Å². The molecular weight excluding hydrogens is 515 g/mol. The highest BCUT2D eigenvalue weighted by Gasteiger charge is 2.34. The SMILES string of the molecule is Cc1c(N2CC(N)C2)nc2cc3nn2c1N(C)CCN(C)C(=O)COc1ccc(F)cc1C(=O)N1CCCCC31. The van der Waals surface area contributed by atoms with Crippen LogP contribution < -0.4 is 20.3 Å². The molecule has 40 heavy (non-hydrogen) atoms. The lowest BCUT2D eigenvalue weighted by Crippen LogP contribution is -2.56. The Morgan fingerprint density at radius 1 is 1.05 bits per heavy atom. The van der Waals surface area contributed by atoms with Crippen LogP contribution in [0.15, 0.2) is 24.3 Å². The van der Waals surface area contributed by atoms with Crippen LogP contribution in [0, 0.1) is 12.7 Å². The van der Waals surface area contributed by atoms with E-state index in [9.17, 15) is 14.0 Å². The number of benzene rings is 1. The third kappa shape index (κ3) is 4.59. The molecule has 2 bridgehead atoms. The van der Waals surface area contributed by atoms with Gasteiger partial charge in [-0.1, -0.05) is 0 Å². The second kappa shape index (κ2) is 10.2. The van der Waals surface area contributed by atoms with Crippen LogP contribution in [0.1, 0.15) is 46.9 Å². The number of hydrogen-bond acceptors (Lipinski definition) is 8. The van der Waals surface area contributed by atoms with Gasteiger partial charge in [0.15, 0.2) is 12.3 Å². The van der Waals surface area contributed by atoms with Crippen molar-refractivity contribution in [2.24, 2.45) is 5.73 Å². The summed E-state index contributed by atoms with van der Waals surface area (Å²) in [5.41, 5.74) is 8.58. The zero-order chi connectivity index (χ0) is 28.1. The maximum absolute atomic E-state index is 14.4. The number of anilines is 2. The second-order valence-corrected chi connectivity index (χ2v) is 11.1. The Morgan fingerprint density at radius 3 is 2.60 bits per heavy atom. The van der Waals surface area contributed by atoms with Gasteiger partial charge in [0.05, 0.1) is 17.3 Å². The number of halogens is 1. The summed E-state index contributed by atoms with van der Waals surface area (Å²) in [5, 5.41) is 5.01. The molecule has 212 valence electrons. The van der Waals surface area contributed by atoms with Gasteiger partial charge in [-0.2, -0.15) is 9.61 Å². The molecule has 3 aliphatic rings. The zero-order valence-electron chi connectivity index (χ0n) is 23.1. The molecule has 2 fully saturated rings. The zero-order valence-corrected chi connectivity index (χ0v) is 23.1. The molecule has 2 aromatic heterocycles. The molecule has 0 spiro atoms. The molecule has 6 rings (SSSR count). The van der Waals surface area contributed by atoms with Crippen LogP contribution in [0.4, 0.5) is 16.0 Å². The van der Waals surface area contributed by atoms with Crippen LogP contribution >= 0.6 is 0 Å². The van der Waals surface area contributed by atoms with Crippen molar-refractivity contribution in [2.45, 2.75) is 38.3 Å². The number of nitrogens with zero attached hydrogens (tertiary/aromatic N) is 7. The fraction of sp³-hybridized carbons (Fsp3) is 0.500. The van der Waals surface area contributed by atoms with E-state index in [4.69, 9.17) is 20.6 Å². The Morgan fingerprint density at radius 2 is 1.82 bits per heavy atom. The molecule has 11 nitrogen and oxygen atoms in total. The quantitative estimate of drug-likeness (QED) is 0.490. The second-order valence-electron chi connectivity index (χ2n) is 11.1. The highest BCUT2D eigenvalue weighted by molar-refractivity contribution is 5.97. The van der Waals surface area contributed by atoms with Crippen LogP contribution in [-0.4, -0.2) is 95.7 Å². The Hall–Kier alpha value is -3.93. The van der Waals surface area contributed by atoms with Crippen molar-refractivity contribution >= 4 is 29.1 Å². The van der Waals surface area contributed by atoms with Gasteiger partial charge in [-0.05, 0) is 44.4 Å². The number of aromatic nitrogens is 3. The molecule has 1 aromatic carbocycles. The van der Waals surface area contributed by atoms with Gasteiger partial charge in [0.1, 0.15) is 23.2 Å². The number of rotatable bonds is 1. The van der Waals surface area contributed by atoms with Crippen LogP contribution in [0.2, 0.25) is 0 Å². The first-order chi connectivity index (χ1) is 19.2. The minimum atomic E-state index is -0.541. The van der Waals surface area contributed by atoms with E-state index in [2.05, 4.69) is 9.80 Å². The molecule has 1 atom stereocenters. The summed E-state index contributed by atoms with van der Waals surface area (Å²) in [6.45, 7) is 4.72. The number of amides is 2. The lowest BCUT2D eigenvalue weighted by atomic mass is 9.98. The van der Waals surface area contributed by atoms with Crippen molar-refractivity contribution in [1.29, 1.82) is 0 Å². The Kier molecular flexibility index (Phi) is 6.73. The van der Waals surface area contributed by atoms with Crippen LogP contribution in [-0.2, 0) is 4.79 Å². The monoisotopic (exact) mass is 550 g/mol. The normalized spacial score (nSPS) is 21.0. The summed E-state index contributed by atoms with van der Waals surface area (Å²) in [6.07, 6.45) is 2.49. The summed E-state index contributed by atoms with van der Waals surface area (Å²) in [7, 11) is 3.69. The third-order valence-corrected chi connectivity index (χ3v) is 8.20. The van der Waals surface area contributed by atoms with E-state index in [-0.39, 0.29) is 41.8 Å². The van der Waals surface area contributed by atoms with E-state index in [0.717, 1.165) is 55.2 Å². The topological polar surface area (TPSA) is 113 Å². The van der Waals surface area contributed by atoms with E-state index >= 15 is 0 Å². The smallest absolute Gasteiger partial charge is 0.260 e. The van der Waals surface area contributed by atoms with E-state index < -0.39 is 5.82 Å². The van der Waals surface area contributed by atoms with Crippen molar-refractivity contribution in [3.63, 3.8) is 0 Å². The highest BCUT2D eigenvalue weighted by Crippen LogP contribution is 2.36. The predicted octanol–water partition coefficient (Wildman–Crippen LogP) is 1.98. The average Bonchev–Trinajstić information content (AvgIpc) is 3.35. The molecule has 5 heterocycles. The van der Waals surface area contributed by atoms with Crippen LogP contribution in [0.25, 0.3) is 5.65 Å². The molecular formula is C28H35FN8O3. The Labute approximate surface area is 232 Å². The van der Waals surface area contributed by atoms with E-state index in [1.54, 1.807) is 16.8 Å². The third-order valence-electron chi connectivity index (χ3n) is 8.20. The maximum Gasteiger partial charge on any atom is 0.260 e. The summed E-state index contributed by atoms with van der Waals surface area (Å²) in [5.74, 6) is 0.790. The molecule has 0 saturated carbocycles. The molecule has 0 aliphatic carbocycles. The van der Waals surface area contributed by atoms with Crippen LogP contribution in [0.3, 0.4) is 0 Å². The van der Waals surface area contributed by atoms with Gasteiger partial charge in [-0.3, -0.25) is 9.59 Å². The predicted molar refractivity (Wildman–Crippen MR) is 148 cm³/mol. The number of nitrogens with two attached hydrogens (primary N) is 1. The van der Waals surface area contributed by atoms with Gasteiger partial charge in [0.25, 0.3) is 11.8 Å². The first kappa shape index (κ1) is 26.3. The number of likely N-dealkylation sites (N-methyl/N-ethyl adjacent to an activating group) is 2. The van der Waals surface area contributed by atoms with Crippen molar-refractivity contribution in [3.05, 3.63) is 46.9 Å². The van der Waals surface area contributed by atoms with Gasteiger partial charge in [-0.15, -0.1) is 0 Å². The minimum absolute atomic E-state index is 0.101. The Balaban J connectivity index is 1.50. The molecule has 12 heteroatoms. The van der Waals surface area contributed by atoms with Gasteiger partial charge in [0.2, 0.25) is 0 Å². The summed E-state index contributed by atoms with van der Waals surface area (Å²) in [4.78, 5) is 39.4. The Bertz CT molecular complexity index is 1470. The average molecular weight is 551 g/mol. The first-order valence-corrected chi connectivity index (χ1v) is 13.8. The van der Waals surface area contributed by atoms with Crippen molar-refractivity contribution in [2.75, 3.05) is 63.2 Å². The molecule has 2 amide bonds. The van der Waals surface area contributed by atoms with Crippen LogP contribution in [0.5, 0.6) is 5.75 Å².